The van der Waals surface area contributed by atoms with Crippen molar-refractivity contribution in [1.82, 2.24) is 10.3 Å². The summed E-state index contributed by atoms with van der Waals surface area (Å²) in [5.74, 6) is 0.595. The first-order valence-corrected chi connectivity index (χ1v) is 6.90. The first-order valence-electron chi connectivity index (χ1n) is 6.90. The van der Waals surface area contributed by atoms with Gasteiger partial charge in [0.25, 0.3) is 0 Å². The fourth-order valence-corrected chi connectivity index (χ4v) is 1.96. The Bertz CT molecular complexity index is 547. The van der Waals surface area contributed by atoms with Crippen LogP contribution in [-0.4, -0.2) is 17.3 Å². The van der Waals surface area contributed by atoms with Crippen LogP contribution in [0.15, 0.2) is 48.7 Å². The van der Waals surface area contributed by atoms with Gasteiger partial charge in [-0.25, -0.2) is 0 Å². The van der Waals surface area contributed by atoms with Crippen LogP contribution in [0.1, 0.15) is 41.4 Å². The predicted octanol–water partition coefficient (Wildman–Crippen LogP) is 3.18. The molecule has 0 saturated carbocycles. The molecule has 0 amide bonds. The molecule has 2 aromatic rings. The van der Waals surface area contributed by atoms with E-state index in [1.807, 2.05) is 42.5 Å². The number of hydrogen-bond donors (Lipinski definition) is 1. The molecule has 3 nitrogen and oxygen atoms in total. The Morgan fingerprint density at radius 3 is 2.50 bits per heavy atom. The largest absolute Gasteiger partial charge is 0.304 e. The van der Waals surface area contributed by atoms with Gasteiger partial charge in [0.2, 0.25) is 0 Å². The Morgan fingerprint density at radius 1 is 1.15 bits per heavy atom. The van der Waals surface area contributed by atoms with Gasteiger partial charge in [0.15, 0.2) is 5.78 Å². The van der Waals surface area contributed by atoms with Crippen molar-refractivity contribution >= 4 is 5.78 Å². The van der Waals surface area contributed by atoms with Gasteiger partial charge in [0.05, 0.1) is 12.2 Å². The number of nitrogens with one attached hydrogen (secondary N) is 1. The summed E-state index contributed by atoms with van der Waals surface area (Å²) >= 11 is 0. The minimum Gasteiger partial charge on any atom is -0.304 e. The first-order chi connectivity index (χ1) is 9.66. The molecule has 0 radical (unpaired) electrons. The molecule has 20 heavy (non-hydrogen) atoms. The molecule has 1 heterocycles. The van der Waals surface area contributed by atoms with Crippen molar-refractivity contribution in [1.29, 1.82) is 0 Å². The van der Waals surface area contributed by atoms with E-state index in [1.54, 1.807) is 6.20 Å². The molecule has 0 fully saturated rings. The number of nitrogens with zero attached hydrogens (tertiary/aromatic N) is 1. The van der Waals surface area contributed by atoms with Gasteiger partial charge >= 0.3 is 0 Å². The Balaban J connectivity index is 1.85. The number of carbonyl (C=O) groups excluding carboxylic acids is 1. The zero-order valence-corrected chi connectivity index (χ0v) is 12.0. The number of benzene rings is 1. The lowest BCUT2D eigenvalue weighted by atomic mass is 10.0. The van der Waals surface area contributed by atoms with Gasteiger partial charge in [-0.15, -0.1) is 0 Å². The van der Waals surface area contributed by atoms with E-state index in [2.05, 4.69) is 24.1 Å². The fraction of sp³-hybridized carbons (Fsp3) is 0.294. The number of hydrogen-bond acceptors (Lipinski definition) is 3. The standard InChI is InChI=1S/C17H20N2O/c1-13(2)14-6-8-15(9-7-14)17(20)12-18-11-16-5-3-4-10-19-16/h3-10,13,18H,11-12H2,1-2H3. The summed E-state index contributed by atoms with van der Waals surface area (Å²) in [7, 11) is 0. The minimum atomic E-state index is 0.108. The number of rotatable bonds is 6. The molecule has 0 aliphatic heterocycles. The van der Waals surface area contributed by atoms with Crippen LogP contribution in [0.2, 0.25) is 0 Å². The van der Waals surface area contributed by atoms with Gasteiger partial charge in [-0.3, -0.25) is 9.78 Å². The third-order valence-electron chi connectivity index (χ3n) is 3.22. The molecule has 0 spiro atoms. The quantitative estimate of drug-likeness (QED) is 0.818. The lowest BCUT2D eigenvalue weighted by Gasteiger charge is -2.07. The summed E-state index contributed by atoms with van der Waals surface area (Å²) in [5.41, 5.74) is 2.95. The fourth-order valence-electron chi connectivity index (χ4n) is 1.96. The zero-order chi connectivity index (χ0) is 14.4. The molecular formula is C17H20N2O. The van der Waals surface area contributed by atoms with E-state index in [0.717, 1.165) is 11.3 Å². The van der Waals surface area contributed by atoms with Crippen LogP contribution < -0.4 is 5.32 Å². The molecule has 0 bridgehead atoms. The van der Waals surface area contributed by atoms with Crippen molar-refractivity contribution in [3.05, 3.63) is 65.5 Å². The Morgan fingerprint density at radius 2 is 1.90 bits per heavy atom. The van der Waals surface area contributed by atoms with E-state index in [1.165, 1.54) is 5.56 Å². The molecule has 104 valence electrons. The van der Waals surface area contributed by atoms with Gasteiger partial charge in [-0.1, -0.05) is 44.2 Å². The monoisotopic (exact) mass is 268 g/mol. The van der Waals surface area contributed by atoms with Gasteiger partial charge < -0.3 is 5.32 Å². The second-order valence-electron chi connectivity index (χ2n) is 5.12. The third kappa shape index (κ3) is 4.00. The number of ketones is 1. The highest BCUT2D eigenvalue weighted by atomic mass is 16.1. The van der Waals surface area contributed by atoms with E-state index in [9.17, 15) is 4.79 Å². The van der Waals surface area contributed by atoms with Gasteiger partial charge in [0, 0.05) is 18.3 Å². The molecule has 1 N–H and O–H groups in total. The highest BCUT2D eigenvalue weighted by Gasteiger charge is 2.06. The third-order valence-corrected chi connectivity index (χ3v) is 3.22. The molecule has 0 aliphatic rings. The maximum Gasteiger partial charge on any atom is 0.176 e. The van der Waals surface area contributed by atoms with Crippen molar-refractivity contribution in [3.8, 4) is 0 Å². The van der Waals surface area contributed by atoms with Crippen molar-refractivity contribution in [3.63, 3.8) is 0 Å². The van der Waals surface area contributed by atoms with E-state index in [0.29, 0.717) is 19.0 Å². The molecule has 0 aliphatic carbocycles. The van der Waals surface area contributed by atoms with Crippen LogP contribution in [0, 0.1) is 0 Å². The van der Waals surface area contributed by atoms with Crippen LogP contribution in [0.25, 0.3) is 0 Å². The summed E-state index contributed by atoms with van der Waals surface area (Å²) in [6, 6.07) is 13.6. The van der Waals surface area contributed by atoms with E-state index >= 15 is 0 Å². The van der Waals surface area contributed by atoms with Gasteiger partial charge in [-0.2, -0.15) is 0 Å². The summed E-state index contributed by atoms with van der Waals surface area (Å²) < 4.78 is 0. The van der Waals surface area contributed by atoms with Crippen LogP contribution in [-0.2, 0) is 6.54 Å². The van der Waals surface area contributed by atoms with Crippen LogP contribution in [0.3, 0.4) is 0 Å². The first kappa shape index (κ1) is 14.4. The van der Waals surface area contributed by atoms with Crippen molar-refractivity contribution in [2.24, 2.45) is 0 Å². The number of Topliss-reactive ketones (excluding diaryl/α,β-unsaturated/α-hetero) is 1. The van der Waals surface area contributed by atoms with E-state index in [-0.39, 0.29) is 5.78 Å². The molecule has 0 atom stereocenters. The molecule has 2 rings (SSSR count). The van der Waals surface area contributed by atoms with Crippen LogP contribution >= 0.6 is 0 Å². The molecule has 1 aromatic carbocycles. The molecule has 3 heteroatoms. The maximum absolute atomic E-state index is 12.0. The van der Waals surface area contributed by atoms with Crippen LogP contribution in [0.4, 0.5) is 0 Å². The lowest BCUT2D eigenvalue weighted by molar-refractivity contribution is 0.0990. The predicted molar refractivity (Wildman–Crippen MR) is 80.8 cm³/mol. The second-order valence-corrected chi connectivity index (χ2v) is 5.12. The molecule has 1 aromatic heterocycles. The van der Waals surface area contributed by atoms with Gasteiger partial charge in [-0.05, 0) is 23.6 Å². The SMILES string of the molecule is CC(C)c1ccc(C(=O)CNCc2ccccn2)cc1. The van der Waals surface area contributed by atoms with Crippen molar-refractivity contribution in [2.75, 3.05) is 6.54 Å². The highest BCUT2D eigenvalue weighted by Crippen LogP contribution is 2.14. The van der Waals surface area contributed by atoms with Gasteiger partial charge in [0.1, 0.15) is 0 Å². The maximum atomic E-state index is 12.0. The van der Waals surface area contributed by atoms with Crippen LogP contribution in [0.5, 0.6) is 0 Å². The summed E-state index contributed by atoms with van der Waals surface area (Å²) in [6.07, 6.45) is 1.75. The Kier molecular flexibility index (Phi) is 5.02. The Labute approximate surface area is 120 Å². The summed E-state index contributed by atoms with van der Waals surface area (Å²) in [5, 5.41) is 3.13. The molecule has 0 unspecified atom stereocenters. The summed E-state index contributed by atoms with van der Waals surface area (Å²) in [6.45, 7) is 5.23. The van der Waals surface area contributed by atoms with E-state index in [4.69, 9.17) is 0 Å². The number of aromatic nitrogens is 1. The smallest absolute Gasteiger partial charge is 0.176 e. The second kappa shape index (κ2) is 6.96. The topological polar surface area (TPSA) is 42.0 Å². The van der Waals surface area contributed by atoms with Crippen molar-refractivity contribution in [2.45, 2.75) is 26.3 Å². The average molecular weight is 268 g/mol. The number of carbonyl (C=O) groups is 1. The van der Waals surface area contributed by atoms with Crippen molar-refractivity contribution < 1.29 is 4.79 Å². The average Bonchev–Trinajstić information content (AvgIpc) is 2.48. The van der Waals surface area contributed by atoms with E-state index < -0.39 is 0 Å². The number of pyridine rings is 1. The minimum absolute atomic E-state index is 0.108. The highest BCUT2D eigenvalue weighted by molar-refractivity contribution is 5.97. The normalized spacial score (nSPS) is 10.8. The summed E-state index contributed by atoms with van der Waals surface area (Å²) in [4.78, 5) is 16.2. The Hall–Kier alpha value is -2.00. The molecular weight excluding hydrogens is 248 g/mol. The zero-order valence-electron chi connectivity index (χ0n) is 12.0. The lowest BCUT2D eigenvalue weighted by Crippen LogP contribution is -2.23. The molecule has 0 saturated heterocycles.